The topological polar surface area (TPSA) is 88.3 Å². The van der Waals surface area contributed by atoms with Crippen LogP contribution >= 0.6 is 11.8 Å². The van der Waals surface area contributed by atoms with E-state index in [0.29, 0.717) is 24.2 Å². The second kappa shape index (κ2) is 6.31. The van der Waals surface area contributed by atoms with E-state index in [1.165, 1.54) is 0 Å². The van der Waals surface area contributed by atoms with Gasteiger partial charge in [-0.2, -0.15) is 11.8 Å². The van der Waals surface area contributed by atoms with Crippen LogP contribution < -0.4 is 10.2 Å². The molecule has 0 amide bonds. The van der Waals surface area contributed by atoms with E-state index in [9.17, 15) is 8.42 Å². The van der Waals surface area contributed by atoms with Gasteiger partial charge in [0.05, 0.1) is 6.04 Å². The standard InChI is InChI=1S/C11H20N4O3S2/c1-4-20(16,17)9-7-19-6-5-15(9)11-14-13-10(18-11)8(2)12-3/h8-9,12H,4-7H2,1-3H3. The fourth-order valence-corrected chi connectivity index (χ4v) is 4.89. The van der Waals surface area contributed by atoms with Gasteiger partial charge in [0, 0.05) is 23.8 Å². The minimum atomic E-state index is -3.17. The van der Waals surface area contributed by atoms with Crippen LogP contribution in [-0.2, 0) is 9.84 Å². The SMILES string of the molecule is CCS(=O)(=O)C1CSCCN1c1nnc(C(C)NC)o1. The average molecular weight is 320 g/mol. The quantitative estimate of drug-likeness (QED) is 0.846. The molecule has 2 rings (SSSR count). The molecule has 0 bridgehead atoms. The molecule has 1 aliphatic rings. The summed E-state index contributed by atoms with van der Waals surface area (Å²) in [5.74, 6) is 1.97. The van der Waals surface area contributed by atoms with Crippen LogP contribution in [0.2, 0.25) is 0 Å². The Morgan fingerprint density at radius 2 is 2.30 bits per heavy atom. The lowest BCUT2D eigenvalue weighted by Gasteiger charge is -2.33. The summed E-state index contributed by atoms with van der Waals surface area (Å²) in [6.45, 7) is 4.17. The fourth-order valence-electron chi connectivity index (χ4n) is 1.93. The maximum atomic E-state index is 12.2. The molecule has 1 N–H and O–H groups in total. The predicted octanol–water partition coefficient (Wildman–Crippen LogP) is 0.664. The van der Waals surface area contributed by atoms with E-state index in [4.69, 9.17) is 4.42 Å². The Kier molecular flexibility index (Phi) is 4.92. The van der Waals surface area contributed by atoms with Crippen molar-refractivity contribution in [3.8, 4) is 0 Å². The summed E-state index contributed by atoms with van der Waals surface area (Å²) < 4.78 is 30.0. The lowest BCUT2D eigenvalue weighted by Crippen LogP contribution is -2.48. The molecule has 1 aromatic heterocycles. The highest BCUT2D eigenvalue weighted by molar-refractivity contribution is 8.01. The van der Waals surface area contributed by atoms with Crippen molar-refractivity contribution < 1.29 is 12.8 Å². The number of aromatic nitrogens is 2. The minimum Gasteiger partial charge on any atom is -0.406 e. The molecule has 7 nitrogen and oxygen atoms in total. The van der Waals surface area contributed by atoms with Gasteiger partial charge in [-0.1, -0.05) is 12.0 Å². The number of rotatable bonds is 5. The third-order valence-electron chi connectivity index (χ3n) is 3.38. The van der Waals surface area contributed by atoms with Crippen LogP contribution in [0.4, 0.5) is 6.01 Å². The van der Waals surface area contributed by atoms with Gasteiger partial charge in [0.1, 0.15) is 5.37 Å². The molecular formula is C11H20N4O3S2. The molecule has 1 fully saturated rings. The largest absolute Gasteiger partial charge is 0.406 e. The van der Waals surface area contributed by atoms with E-state index >= 15 is 0 Å². The Morgan fingerprint density at radius 1 is 1.55 bits per heavy atom. The number of anilines is 1. The first-order chi connectivity index (χ1) is 9.49. The summed E-state index contributed by atoms with van der Waals surface area (Å²) in [6, 6.07) is 0.237. The number of hydrogen-bond donors (Lipinski definition) is 1. The molecular weight excluding hydrogens is 300 g/mol. The van der Waals surface area contributed by atoms with Crippen molar-refractivity contribution in [2.75, 3.05) is 35.8 Å². The van der Waals surface area contributed by atoms with E-state index in [1.54, 1.807) is 30.6 Å². The van der Waals surface area contributed by atoms with Crippen LogP contribution in [0, 0.1) is 0 Å². The molecule has 9 heteroatoms. The van der Waals surface area contributed by atoms with Gasteiger partial charge < -0.3 is 14.6 Å². The fraction of sp³-hybridized carbons (Fsp3) is 0.818. The highest BCUT2D eigenvalue weighted by Crippen LogP contribution is 2.27. The van der Waals surface area contributed by atoms with Gasteiger partial charge in [-0.05, 0) is 14.0 Å². The molecule has 0 spiro atoms. The summed E-state index contributed by atoms with van der Waals surface area (Å²) in [4.78, 5) is 1.72. The third kappa shape index (κ3) is 3.09. The Morgan fingerprint density at radius 3 is 2.95 bits per heavy atom. The van der Waals surface area contributed by atoms with Crippen molar-refractivity contribution in [2.24, 2.45) is 0 Å². The number of hydrogen-bond acceptors (Lipinski definition) is 8. The van der Waals surface area contributed by atoms with Crippen LogP contribution in [0.5, 0.6) is 0 Å². The van der Waals surface area contributed by atoms with Gasteiger partial charge in [-0.15, -0.1) is 5.10 Å². The molecule has 1 saturated heterocycles. The number of thioether (sulfide) groups is 1. The first-order valence-corrected chi connectivity index (χ1v) is 9.43. The second-order valence-electron chi connectivity index (χ2n) is 4.61. The minimum absolute atomic E-state index is 0.0587. The molecule has 0 aliphatic carbocycles. The van der Waals surface area contributed by atoms with Crippen molar-refractivity contribution in [1.82, 2.24) is 15.5 Å². The van der Waals surface area contributed by atoms with E-state index < -0.39 is 15.2 Å². The van der Waals surface area contributed by atoms with Gasteiger partial charge in [-0.3, -0.25) is 0 Å². The summed E-state index contributed by atoms with van der Waals surface area (Å²) in [5.41, 5.74) is 0. The highest BCUT2D eigenvalue weighted by atomic mass is 32.2. The van der Waals surface area contributed by atoms with E-state index in [2.05, 4.69) is 15.5 Å². The first-order valence-electron chi connectivity index (χ1n) is 6.56. The zero-order chi connectivity index (χ0) is 14.8. The van der Waals surface area contributed by atoms with Crippen LogP contribution in [0.3, 0.4) is 0 Å². The van der Waals surface area contributed by atoms with Crippen molar-refractivity contribution in [1.29, 1.82) is 0 Å². The van der Waals surface area contributed by atoms with Crippen molar-refractivity contribution in [3.63, 3.8) is 0 Å². The van der Waals surface area contributed by atoms with Crippen molar-refractivity contribution in [3.05, 3.63) is 5.89 Å². The monoisotopic (exact) mass is 320 g/mol. The summed E-state index contributed by atoms with van der Waals surface area (Å²) in [5, 5.41) is 10.4. The van der Waals surface area contributed by atoms with Crippen LogP contribution in [0.1, 0.15) is 25.8 Å². The molecule has 1 aromatic rings. The highest BCUT2D eigenvalue weighted by Gasteiger charge is 2.35. The van der Waals surface area contributed by atoms with Crippen molar-refractivity contribution >= 4 is 27.6 Å². The van der Waals surface area contributed by atoms with Gasteiger partial charge in [0.25, 0.3) is 0 Å². The van der Waals surface area contributed by atoms with Crippen LogP contribution in [-0.4, -0.2) is 54.8 Å². The van der Waals surface area contributed by atoms with Gasteiger partial charge in [0.15, 0.2) is 9.84 Å². The first kappa shape index (κ1) is 15.6. The van der Waals surface area contributed by atoms with Crippen LogP contribution in [0.15, 0.2) is 4.42 Å². The normalized spacial score (nSPS) is 21.9. The zero-order valence-corrected chi connectivity index (χ0v) is 13.5. The molecule has 0 aromatic carbocycles. The molecule has 2 unspecified atom stereocenters. The Hall–Kier alpha value is -0.800. The molecule has 0 saturated carbocycles. The third-order valence-corrected chi connectivity index (χ3v) is 6.67. The van der Waals surface area contributed by atoms with E-state index in [1.807, 2.05) is 6.92 Å². The van der Waals surface area contributed by atoms with Crippen LogP contribution in [0.25, 0.3) is 0 Å². The number of sulfone groups is 1. The lowest BCUT2D eigenvalue weighted by molar-refractivity contribution is 0.428. The maximum absolute atomic E-state index is 12.2. The molecule has 2 atom stereocenters. The summed E-state index contributed by atoms with van der Waals surface area (Å²) >= 11 is 1.64. The summed E-state index contributed by atoms with van der Waals surface area (Å²) in [6.07, 6.45) is 0. The number of nitrogens with one attached hydrogen (secondary N) is 1. The van der Waals surface area contributed by atoms with Gasteiger partial charge >= 0.3 is 6.01 Å². The second-order valence-corrected chi connectivity index (χ2v) is 8.20. The molecule has 114 valence electrons. The molecule has 0 radical (unpaired) electrons. The van der Waals surface area contributed by atoms with E-state index in [0.717, 1.165) is 5.75 Å². The summed E-state index contributed by atoms with van der Waals surface area (Å²) in [7, 11) is -1.37. The Labute approximate surface area is 123 Å². The lowest BCUT2D eigenvalue weighted by atomic mass is 10.3. The van der Waals surface area contributed by atoms with Gasteiger partial charge in [-0.25, -0.2) is 8.42 Å². The molecule has 20 heavy (non-hydrogen) atoms. The smallest absolute Gasteiger partial charge is 0.319 e. The molecule has 2 heterocycles. The van der Waals surface area contributed by atoms with Gasteiger partial charge in [0.2, 0.25) is 5.89 Å². The zero-order valence-electron chi connectivity index (χ0n) is 11.9. The Bertz CT molecular complexity index is 546. The average Bonchev–Trinajstić information content (AvgIpc) is 2.96. The van der Waals surface area contributed by atoms with E-state index in [-0.39, 0.29) is 11.8 Å². The molecule has 1 aliphatic heterocycles. The predicted molar refractivity (Wildman–Crippen MR) is 79.7 cm³/mol. The maximum Gasteiger partial charge on any atom is 0.319 e. The number of nitrogens with zero attached hydrogens (tertiary/aromatic N) is 3. The Balaban J connectivity index is 2.26. The van der Waals surface area contributed by atoms with Crippen molar-refractivity contribution in [2.45, 2.75) is 25.3 Å².